The van der Waals surface area contributed by atoms with Gasteiger partial charge in [0.25, 0.3) is 0 Å². The minimum atomic E-state index is 0. The van der Waals surface area contributed by atoms with Crippen LogP contribution in [0, 0.1) is 0 Å². The van der Waals surface area contributed by atoms with Gasteiger partial charge in [-0.3, -0.25) is 0 Å². The van der Waals surface area contributed by atoms with Crippen LogP contribution in [0.1, 0.15) is 19.8 Å². The molecule has 0 bridgehead atoms. The molecule has 0 amide bonds. The highest BCUT2D eigenvalue weighted by Crippen LogP contribution is 1.85. The lowest BCUT2D eigenvalue weighted by atomic mass is 10.3. The number of aryl methyl sites for hydroxylation is 2. The van der Waals surface area contributed by atoms with Crippen LogP contribution in [0.3, 0.4) is 0 Å². The van der Waals surface area contributed by atoms with Crippen molar-refractivity contribution in [2.24, 2.45) is 7.05 Å². The standard InChI is InChI=1S/C8H15N2.HI/c1-3-4-5-10-7-6-9(2)8-10;/h6-8H,3-5H2,1-2H3;1H/q+1;/p-1. The topological polar surface area (TPSA) is 8.81 Å². The molecule has 2 nitrogen and oxygen atoms in total. The van der Waals surface area contributed by atoms with E-state index >= 15 is 0 Å². The molecule has 0 radical (unpaired) electrons. The van der Waals surface area contributed by atoms with Crippen LogP contribution in [0.15, 0.2) is 18.7 Å². The number of unbranched alkanes of at least 4 members (excludes halogenated alkanes) is 1. The zero-order valence-corrected chi connectivity index (χ0v) is 9.28. The lowest BCUT2D eigenvalue weighted by Crippen LogP contribution is -3.00. The Morgan fingerprint density at radius 2 is 2.18 bits per heavy atom. The van der Waals surface area contributed by atoms with Crippen LogP contribution in [-0.4, -0.2) is 4.57 Å². The van der Waals surface area contributed by atoms with Gasteiger partial charge in [-0.1, -0.05) is 13.3 Å². The van der Waals surface area contributed by atoms with Gasteiger partial charge in [-0.25, -0.2) is 9.13 Å². The molecule has 0 atom stereocenters. The van der Waals surface area contributed by atoms with Crippen molar-refractivity contribution in [2.45, 2.75) is 26.3 Å². The number of nitrogens with zero attached hydrogens (tertiary/aromatic N) is 2. The van der Waals surface area contributed by atoms with Gasteiger partial charge in [-0.2, -0.15) is 0 Å². The van der Waals surface area contributed by atoms with Crippen molar-refractivity contribution in [2.75, 3.05) is 0 Å². The maximum Gasteiger partial charge on any atom is 0.243 e. The Morgan fingerprint density at radius 1 is 1.45 bits per heavy atom. The van der Waals surface area contributed by atoms with E-state index in [2.05, 4.69) is 34.8 Å². The molecule has 0 aliphatic heterocycles. The highest BCUT2D eigenvalue weighted by Gasteiger charge is 1.96. The summed E-state index contributed by atoms with van der Waals surface area (Å²) in [5.74, 6) is 0. The van der Waals surface area contributed by atoms with Crippen LogP contribution in [-0.2, 0) is 13.6 Å². The van der Waals surface area contributed by atoms with E-state index in [4.69, 9.17) is 0 Å². The Bertz CT molecular complexity index is 196. The molecule has 1 aromatic rings. The van der Waals surface area contributed by atoms with Crippen molar-refractivity contribution in [3.8, 4) is 0 Å². The van der Waals surface area contributed by atoms with Crippen molar-refractivity contribution in [3.63, 3.8) is 0 Å². The van der Waals surface area contributed by atoms with Gasteiger partial charge in [-0.15, -0.1) is 0 Å². The summed E-state index contributed by atoms with van der Waals surface area (Å²) in [6.07, 6.45) is 8.82. The molecule has 0 aliphatic rings. The first-order valence-electron chi connectivity index (χ1n) is 3.84. The van der Waals surface area contributed by atoms with Crippen LogP contribution in [0.25, 0.3) is 0 Å². The maximum absolute atomic E-state index is 2.21. The number of hydrogen-bond donors (Lipinski definition) is 0. The van der Waals surface area contributed by atoms with Gasteiger partial charge in [0.1, 0.15) is 12.4 Å². The molecule has 0 spiro atoms. The second kappa shape index (κ2) is 5.57. The van der Waals surface area contributed by atoms with E-state index in [1.54, 1.807) is 0 Å². The molecule has 1 rings (SSSR count). The quantitative estimate of drug-likeness (QED) is 0.447. The molecule has 0 saturated heterocycles. The Hall–Kier alpha value is -0.0600. The van der Waals surface area contributed by atoms with Crippen LogP contribution >= 0.6 is 0 Å². The molecule has 0 unspecified atom stereocenters. The van der Waals surface area contributed by atoms with Crippen LogP contribution in [0.2, 0.25) is 0 Å². The molecule has 0 saturated carbocycles. The summed E-state index contributed by atoms with van der Waals surface area (Å²) < 4.78 is 4.28. The summed E-state index contributed by atoms with van der Waals surface area (Å²) in [6, 6.07) is 0. The molecule has 64 valence electrons. The van der Waals surface area contributed by atoms with Gasteiger partial charge >= 0.3 is 0 Å². The molecule has 1 heterocycles. The molecule has 0 aliphatic carbocycles. The van der Waals surface area contributed by atoms with Gasteiger partial charge in [0, 0.05) is 0 Å². The maximum atomic E-state index is 2.21. The molecular weight excluding hydrogens is 251 g/mol. The average molecular weight is 266 g/mol. The fourth-order valence-corrected chi connectivity index (χ4v) is 0.975. The normalized spacial score (nSPS) is 9.27. The first-order valence-corrected chi connectivity index (χ1v) is 3.84. The zero-order chi connectivity index (χ0) is 7.40. The van der Waals surface area contributed by atoms with Gasteiger partial charge in [0.2, 0.25) is 6.33 Å². The largest absolute Gasteiger partial charge is 1.00 e. The Kier molecular flexibility index (Phi) is 5.54. The SMILES string of the molecule is CCCC[n+]1ccn(C)c1.[I-]. The third kappa shape index (κ3) is 3.74. The smallest absolute Gasteiger partial charge is 0.243 e. The van der Waals surface area contributed by atoms with E-state index in [0.717, 1.165) is 6.54 Å². The third-order valence-corrected chi connectivity index (χ3v) is 1.59. The third-order valence-electron chi connectivity index (χ3n) is 1.59. The molecule has 11 heavy (non-hydrogen) atoms. The lowest BCUT2D eigenvalue weighted by Gasteiger charge is -1.90. The van der Waals surface area contributed by atoms with Crippen LogP contribution in [0.4, 0.5) is 0 Å². The number of halogens is 1. The number of rotatable bonds is 3. The van der Waals surface area contributed by atoms with Crippen molar-refractivity contribution >= 4 is 0 Å². The average Bonchev–Trinajstić information content (AvgIpc) is 2.31. The van der Waals surface area contributed by atoms with Crippen molar-refractivity contribution in [3.05, 3.63) is 18.7 Å². The van der Waals surface area contributed by atoms with Crippen molar-refractivity contribution in [1.82, 2.24) is 4.57 Å². The van der Waals surface area contributed by atoms with E-state index in [-0.39, 0.29) is 24.0 Å². The molecule has 0 N–H and O–H groups in total. The summed E-state index contributed by atoms with van der Waals surface area (Å²) in [6.45, 7) is 3.36. The van der Waals surface area contributed by atoms with E-state index in [0.29, 0.717) is 0 Å². The highest BCUT2D eigenvalue weighted by molar-refractivity contribution is 4.61. The fraction of sp³-hybridized carbons (Fsp3) is 0.625. The van der Waals surface area contributed by atoms with Crippen LogP contribution in [0.5, 0.6) is 0 Å². The number of aromatic nitrogens is 2. The second-order valence-electron chi connectivity index (χ2n) is 2.67. The monoisotopic (exact) mass is 266 g/mol. The van der Waals surface area contributed by atoms with E-state index in [9.17, 15) is 0 Å². The zero-order valence-electron chi connectivity index (χ0n) is 7.13. The van der Waals surface area contributed by atoms with E-state index in [1.807, 2.05) is 7.05 Å². The number of imidazole rings is 1. The van der Waals surface area contributed by atoms with Crippen LogP contribution < -0.4 is 28.5 Å². The van der Waals surface area contributed by atoms with E-state index in [1.165, 1.54) is 12.8 Å². The lowest BCUT2D eigenvalue weighted by molar-refractivity contribution is -0.696. The van der Waals surface area contributed by atoms with Gasteiger partial charge in [0.05, 0.1) is 13.6 Å². The number of hydrogen-bond acceptors (Lipinski definition) is 0. The highest BCUT2D eigenvalue weighted by atomic mass is 127. The molecule has 0 aromatic carbocycles. The van der Waals surface area contributed by atoms with Gasteiger partial charge in [0.15, 0.2) is 0 Å². The minimum absolute atomic E-state index is 0. The van der Waals surface area contributed by atoms with Gasteiger partial charge in [-0.05, 0) is 6.42 Å². The Morgan fingerprint density at radius 3 is 2.64 bits per heavy atom. The Labute approximate surface area is 85.2 Å². The summed E-state index contributed by atoms with van der Waals surface area (Å²) in [5, 5.41) is 0. The van der Waals surface area contributed by atoms with Crippen molar-refractivity contribution < 1.29 is 28.5 Å². The predicted molar refractivity (Wildman–Crippen MR) is 40.5 cm³/mol. The van der Waals surface area contributed by atoms with Crippen molar-refractivity contribution in [1.29, 1.82) is 0 Å². The van der Waals surface area contributed by atoms with Gasteiger partial charge < -0.3 is 24.0 Å². The summed E-state index contributed by atoms with van der Waals surface area (Å²) in [7, 11) is 2.04. The molecule has 3 heteroatoms. The Balaban J connectivity index is 0.000001000. The summed E-state index contributed by atoms with van der Waals surface area (Å²) in [4.78, 5) is 0. The van der Waals surface area contributed by atoms with E-state index < -0.39 is 0 Å². The summed E-state index contributed by atoms with van der Waals surface area (Å²) >= 11 is 0. The predicted octanol–water partition coefficient (Wildman–Crippen LogP) is -1.88. The molecular formula is C8H15IN2. The minimum Gasteiger partial charge on any atom is -1.00 e. The fourth-order valence-electron chi connectivity index (χ4n) is 0.975. The first kappa shape index (κ1) is 10.9. The molecule has 1 aromatic heterocycles. The summed E-state index contributed by atoms with van der Waals surface area (Å²) in [5.41, 5.74) is 0. The first-order chi connectivity index (χ1) is 4.83. The second-order valence-corrected chi connectivity index (χ2v) is 2.67. The molecule has 0 fully saturated rings.